The van der Waals surface area contributed by atoms with Crippen LogP contribution in [0.25, 0.3) is 11.1 Å². The zero-order valence-corrected chi connectivity index (χ0v) is 11.5. The van der Waals surface area contributed by atoms with Crippen molar-refractivity contribution < 1.29 is 4.42 Å². The highest BCUT2D eigenvalue weighted by atomic mass is 16.3. The first-order valence-corrected chi connectivity index (χ1v) is 7.32. The van der Waals surface area contributed by atoms with Crippen LogP contribution in [0.2, 0.25) is 0 Å². The molecule has 0 aliphatic heterocycles. The van der Waals surface area contributed by atoms with Gasteiger partial charge in [-0.05, 0) is 36.8 Å². The summed E-state index contributed by atoms with van der Waals surface area (Å²) in [6.45, 7) is 2.34. The van der Waals surface area contributed by atoms with Gasteiger partial charge in [0, 0.05) is 12.5 Å². The molecule has 1 heterocycles. The van der Waals surface area contributed by atoms with Crippen LogP contribution in [-0.2, 0) is 6.42 Å². The molecule has 1 aromatic carbocycles. The lowest BCUT2D eigenvalue weighted by molar-refractivity contribution is 0.248. The van der Waals surface area contributed by atoms with Crippen LogP contribution in [0.4, 0.5) is 0 Å². The highest BCUT2D eigenvalue weighted by Crippen LogP contribution is 2.31. The van der Waals surface area contributed by atoms with Crippen LogP contribution in [0.3, 0.4) is 0 Å². The summed E-state index contributed by atoms with van der Waals surface area (Å²) in [5.74, 6) is 2.28. The topological polar surface area (TPSA) is 52.0 Å². The predicted molar refractivity (Wildman–Crippen MR) is 76.8 cm³/mol. The van der Waals surface area contributed by atoms with E-state index in [-0.39, 0.29) is 6.04 Å². The van der Waals surface area contributed by atoms with Crippen molar-refractivity contribution in [3.8, 4) is 0 Å². The van der Waals surface area contributed by atoms with E-state index in [1.54, 1.807) is 0 Å². The average molecular weight is 258 g/mol. The van der Waals surface area contributed by atoms with Crippen LogP contribution in [-0.4, -0.2) is 11.0 Å². The lowest BCUT2D eigenvalue weighted by atomic mass is 9.79. The number of benzene rings is 1. The third kappa shape index (κ3) is 2.81. The molecule has 0 radical (unpaired) electrons. The van der Waals surface area contributed by atoms with Crippen LogP contribution in [0.15, 0.2) is 28.7 Å². The molecule has 0 saturated heterocycles. The van der Waals surface area contributed by atoms with Gasteiger partial charge in [0.2, 0.25) is 0 Å². The van der Waals surface area contributed by atoms with E-state index in [0.717, 1.165) is 29.3 Å². The van der Waals surface area contributed by atoms with Gasteiger partial charge in [-0.2, -0.15) is 0 Å². The Morgan fingerprint density at radius 3 is 2.74 bits per heavy atom. The highest BCUT2D eigenvalue weighted by Gasteiger charge is 2.25. The quantitative estimate of drug-likeness (QED) is 0.916. The Morgan fingerprint density at radius 2 is 2.00 bits per heavy atom. The molecule has 1 fully saturated rings. The molecule has 0 bridgehead atoms. The molecule has 1 saturated carbocycles. The number of aromatic nitrogens is 1. The third-order valence-corrected chi connectivity index (χ3v) is 4.41. The Kier molecular flexibility index (Phi) is 3.56. The highest BCUT2D eigenvalue weighted by molar-refractivity contribution is 5.72. The molecule has 0 spiro atoms. The summed E-state index contributed by atoms with van der Waals surface area (Å²) >= 11 is 0. The number of nitrogens with zero attached hydrogens (tertiary/aromatic N) is 1. The van der Waals surface area contributed by atoms with Crippen molar-refractivity contribution in [2.45, 2.75) is 45.1 Å². The molecule has 2 aromatic rings. The minimum Gasteiger partial charge on any atom is -0.441 e. The second-order valence-electron chi connectivity index (χ2n) is 5.96. The summed E-state index contributed by atoms with van der Waals surface area (Å²) in [4.78, 5) is 4.52. The van der Waals surface area contributed by atoms with Gasteiger partial charge in [0.1, 0.15) is 5.52 Å². The van der Waals surface area contributed by atoms with Crippen molar-refractivity contribution in [2.75, 3.05) is 0 Å². The van der Waals surface area contributed by atoms with E-state index in [4.69, 9.17) is 10.2 Å². The molecule has 3 heteroatoms. The molecule has 0 amide bonds. The zero-order valence-electron chi connectivity index (χ0n) is 11.5. The first-order valence-electron chi connectivity index (χ1n) is 7.32. The summed E-state index contributed by atoms with van der Waals surface area (Å²) in [6.07, 6.45) is 5.89. The van der Waals surface area contributed by atoms with E-state index < -0.39 is 0 Å². The molecule has 3 rings (SSSR count). The van der Waals surface area contributed by atoms with Gasteiger partial charge >= 0.3 is 0 Å². The number of fused-ring (bicyclic) bond motifs is 1. The Balaban J connectivity index is 1.67. The summed E-state index contributed by atoms with van der Waals surface area (Å²) in [7, 11) is 0. The van der Waals surface area contributed by atoms with Crippen LogP contribution in [0, 0.1) is 11.8 Å². The van der Waals surface area contributed by atoms with Crippen molar-refractivity contribution >= 4 is 11.1 Å². The monoisotopic (exact) mass is 258 g/mol. The number of rotatable bonds is 3. The van der Waals surface area contributed by atoms with Gasteiger partial charge in [-0.15, -0.1) is 0 Å². The second-order valence-corrected chi connectivity index (χ2v) is 5.96. The van der Waals surface area contributed by atoms with E-state index >= 15 is 0 Å². The van der Waals surface area contributed by atoms with Gasteiger partial charge in [-0.25, -0.2) is 4.98 Å². The first kappa shape index (κ1) is 12.7. The van der Waals surface area contributed by atoms with Gasteiger partial charge in [-0.1, -0.05) is 31.9 Å². The summed E-state index contributed by atoms with van der Waals surface area (Å²) in [5.41, 5.74) is 8.14. The van der Waals surface area contributed by atoms with E-state index in [0.29, 0.717) is 5.92 Å². The fourth-order valence-electron chi connectivity index (χ4n) is 3.09. The van der Waals surface area contributed by atoms with Crippen molar-refractivity contribution in [3.63, 3.8) is 0 Å². The molecular weight excluding hydrogens is 236 g/mol. The largest absolute Gasteiger partial charge is 0.441 e. The number of nitrogens with two attached hydrogens (primary N) is 1. The van der Waals surface area contributed by atoms with E-state index in [1.807, 2.05) is 24.3 Å². The van der Waals surface area contributed by atoms with Crippen LogP contribution in [0.1, 0.15) is 38.5 Å². The number of hydrogen-bond donors (Lipinski definition) is 1. The molecule has 1 aliphatic rings. The summed E-state index contributed by atoms with van der Waals surface area (Å²) < 4.78 is 5.76. The number of para-hydroxylation sites is 2. The van der Waals surface area contributed by atoms with E-state index in [9.17, 15) is 0 Å². The predicted octanol–water partition coefficient (Wildman–Crippen LogP) is 3.52. The number of oxazole rings is 1. The minimum absolute atomic E-state index is 0.181. The minimum atomic E-state index is 0.181. The standard InChI is InChI=1S/C16H22N2O/c1-11-6-8-12(9-7-11)13(17)10-16-18-14-4-2-3-5-15(14)19-16/h2-5,11-13H,6-10,17H2,1H3. The first-order chi connectivity index (χ1) is 9.22. The van der Waals surface area contributed by atoms with Crippen LogP contribution >= 0.6 is 0 Å². The van der Waals surface area contributed by atoms with Crippen molar-refractivity contribution in [2.24, 2.45) is 17.6 Å². The summed E-state index contributed by atoms with van der Waals surface area (Å²) in [5, 5.41) is 0. The Morgan fingerprint density at radius 1 is 1.26 bits per heavy atom. The van der Waals surface area contributed by atoms with E-state index in [2.05, 4.69) is 11.9 Å². The van der Waals surface area contributed by atoms with Crippen molar-refractivity contribution in [1.82, 2.24) is 4.98 Å². The fourth-order valence-corrected chi connectivity index (χ4v) is 3.09. The lowest BCUT2D eigenvalue weighted by Gasteiger charge is -2.30. The van der Waals surface area contributed by atoms with Gasteiger partial charge in [0.25, 0.3) is 0 Å². The summed E-state index contributed by atoms with van der Waals surface area (Å²) in [6, 6.07) is 8.08. The van der Waals surface area contributed by atoms with Gasteiger partial charge < -0.3 is 10.2 Å². The molecule has 2 N–H and O–H groups in total. The van der Waals surface area contributed by atoms with Crippen LogP contribution in [0.5, 0.6) is 0 Å². The Hall–Kier alpha value is -1.35. The van der Waals surface area contributed by atoms with Gasteiger partial charge in [0.05, 0.1) is 0 Å². The van der Waals surface area contributed by atoms with Gasteiger partial charge in [0.15, 0.2) is 11.5 Å². The molecular formula is C16H22N2O. The van der Waals surface area contributed by atoms with Crippen LogP contribution < -0.4 is 5.73 Å². The van der Waals surface area contributed by atoms with E-state index in [1.165, 1.54) is 25.7 Å². The normalized spacial score (nSPS) is 25.6. The molecule has 1 aliphatic carbocycles. The third-order valence-electron chi connectivity index (χ3n) is 4.41. The van der Waals surface area contributed by atoms with Gasteiger partial charge in [-0.3, -0.25) is 0 Å². The lowest BCUT2D eigenvalue weighted by Crippen LogP contribution is -2.34. The smallest absolute Gasteiger partial charge is 0.197 e. The molecule has 19 heavy (non-hydrogen) atoms. The fraction of sp³-hybridized carbons (Fsp3) is 0.562. The Labute approximate surface area is 114 Å². The maximum atomic E-state index is 6.35. The number of hydrogen-bond acceptors (Lipinski definition) is 3. The maximum absolute atomic E-state index is 6.35. The average Bonchev–Trinajstić information content (AvgIpc) is 2.81. The van der Waals surface area contributed by atoms with Crippen molar-refractivity contribution in [3.05, 3.63) is 30.2 Å². The zero-order chi connectivity index (χ0) is 13.2. The molecule has 1 unspecified atom stereocenters. The molecule has 3 nitrogen and oxygen atoms in total. The molecule has 1 aromatic heterocycles. The molecule has 102 valence electrons. The molecule has 1 atom stereocenters. The Bertz CT molecular complexity index is 507. The van der Waals surface area contributed by atoms with Crippen molar-refractivity contribution in [1.29, 1.82) is 0 Å². The SMILES string of the molecule is CC1CCC(C(N)Cc2nc3ccccc3o2)CC1. The second kappa shape index (κ2) is 5.33. The maximum Gasteiger partial charge on any atom is 0.197 e.